The highest BCUT2D eigenvalue weighted by molar-refractivity contribution is 7.89. The first kappa shape index (κ1) is 21.8. The zero-order chi connectivity index (χ0) is 20.9. The van der Waals surface area contributed by atoms with Crippen LogP contribution in [-0.4, -0.2) is 47.8 Å². The number of ether oxygens (including phenoxy) is 1. The molecular formula is C17H21N3O6S2. The van der Waals surface area contributed by atoms with Gasteiger partial charge in [0.05, 0.1) is 9.79 Å². The van der Waals surface area contributed by atoms with Crippen molar-refractivity contribution in [2.75, 3.05) is 20.7 Å². The lowest BCUT2D eigenvalue weighted by molar-refractivity contribution is -0.123. The number of nitrogens with two attached hydrogens (primary N) is 1. The van der Waals surface area contributed by atoms with Gasteiger partial charge in [0.25, 0.3) is 5.91 Å². The van der Waals surface area contributed by atoms with Crippen molar-refractivity contribution in [2.45, 2.75) is 16.3 Å². The summed E-state index contributed by atoms with van der Waals surface area (Å²) in [5, 5.41) is 7.65. The van der Waals surface area contributed by atoms with Crippen LogP contribution in [0.5, 0.6) is 5.75 Å². The number of primary sulfonamides is 1. The van der Waals surface area contributed by atoms with Crippen LogP contribution in [0.1, 0.15) is 5.56 Å². The third kappa shape index (κ3) is 5.76. The topological polar surface area (TPSA) is 136 Å². The Morgan fingerprint density at radius 1 is 0.964 bits per heavy atom. The zero-order valence-electron chi connectivity index (χ0n) is 15.3. The highest BCUT2D eigenvalue weighted by Gasteiger charge is 2.16. The van der Waals surface area contributed by atoms with E-state index in [1.54, 1.807) is 12.1 Å². The third-order valence-electron chi connectivity index (χ3n) is 3.71. The molecule has 0 aliphatic heterocycles. The molecule has 152 valence electrons. The second kappa shape index (κ2) is 8.69. The molecule has 0 saturated heterocycles. The summed E-state index contributed by atoms with van der Waals surface area (Å²) >= 11 is 0. The van der Waals surface area contributed by atoms with Gasteiger partial charge in [0.2, 0.25) is 20.0 Å². The number of nitrogens with zero attached hydrogens (tertiary/aromatic N) is 1. The minimum Gasteiger partial charge on any atom is -0.484 e. The predicted octanol–water partition coefficient (Wildman–Crippen LogP) is 0.280. The number of carbonyl (C=O) groups is 1. The molecule has 1 amide bonds. The maximum atomic E-state index is 12.0. The maximum Gasteiger partial charge on any atom is 0.258 e. The molecule has 0 unspecified atom stereocenters. The first-order chi connectivity index (χ1) is 13.0. The molecule has 0 atom stereocenters. The van der Waals surface area contributed by atoms with E-state index in [1.807, 2.05) is 0 Å². The molecule has 11 heteroatoms. The van der Waals surface area contributed by atoms with Gasteiger partial charge in [-0.2, -0.15) is 0 Å². The molecule has 2 aromatic carbocycles. The standard InChI is InChI=1S/C17H21N3O6S2/c1-20(2)28(24,25)16-9-5-14(6-10-16)26-12-17(21)19-11-13-3-7-15(8-4-13)27(18,22)23/h3-10H,11-12H2,1-2H3,(H,19,21)(H2,18,22,23). The fourth-order valence-corrected chi connectivity index (χ4v) is 3.53. The third-order valence-corrected chi connectivity index (χ3v) is 6.47. The molecular weight excluding hydrogens is 406 g/mol. The van der Waals surface area contributed by atoms with Crippen LogP contribution in [0.3, 0.4) is 0 Å². The molecule has 9 nitrogen and oxygen atoms in total. The summed E-state index contributed by atoms with van der Waals surface area (Å²) in [4.78, 5) is 12.0. The number of carbonyl (C=O) groups excluding carboxylic acids is 1. The predicted molar refractivity (Wildman–Crippen MR) is 102 cm³/mol. The smallest absolute Gasteiger partial charge is 0.258 e. The Kier molecular flexibility index (Phi) is 6.77. The van der Waals surface area contributed by atoms with E-state index >= 15 is 0 Å². The highest BCUT2D eigenvalue weighted by atomic mass is 32.2. The fraction of sp³-hybridized carbons (Fsp3) is 0.235. The van der Waals surface area contributed by atoms with Crippen molar-refractivity contribution in [1.82, 2.24) is 9.62 Å². The van der Waals surface area contributed by atoms with Crippen LogP contribution < -0.4 is 15.2 Å². The summed E-state index contributed by atoms with van der Waals surface area (Å²) in [5.41, 5.74) is 0.694. The Morgan fingerprint density at radius 3 is 2.00 bits per heavy atom. The average molecular weight is 428 g/mol. The number of nitrogens with one attached hydrogen (secondary N) is 1. The molecule has 0 aliphatic rings. The molecule has 2 aromatic rings. The van der Waals surface area contributed by atoms with Crippen LogP contribution in [0.15, 0.2) is 58.3 Å². The van der Waals surface area contributed by atoms with Crippen molar-refractivity contribution in [2.24, 2.45) is 5.14 Å². The summed E-state index contributed by atoms with van der Waals surface area (Å²) in [6.07, 6.45) is 0. The quantitative estimate of drug-likeness (QED) is 0.621. The highest BCUT2D eigenvalue weighted by Crippen LogP contribution is 2.18. The first-order valence-corrected chi connectivity index (χ1v) is 11.0. The number of amides is 1. The van der Waals surface area contributed by atoms with E-state index in [0.717, 1.165) is 4.31 Å². The molecule has 0 spiro atoms. The number of rotatable bonds is 8. The van der Waals surface area contributed by atoms with Gasteiger partial charge in [0.1, 0.15) is 5.75 Å². The Hall–Kier alpha value is -2.47. The maximum absolute atomic E-state index is 12.0. The summed E-state index contributed by atoms with van der Waals surface area (Å²) < 4.78 is 52.8. The van der Waals surface area contributed by atoms with Crippen LogP contribution in [-0.2, 0) is 31.4 Å². The number of benzene rings is 2. The van der Waals surface area contributed by atoms with Crippen molar-refractivity contribution < 1.29 is 26.4 Å². The van der Waals surface area contributed by atoms with Gasteiger partial charge in [-0.15, -0.1) is 0 Å². The molecule has 2 rings (SSSR count). The monoisotopic (exact) mass is 427 g/mol. The first-order valence-electron chi connectivity index (χ1n) is 8.04. The van der Waals surface area contributed by atoms with E-state index in [4.69, 9.17) is 9.88 Å². The van der Waals surface area contributed by atoms with Gasteiger partial charge in [0.15, 0.2) is 6.61 Å². The number of hydrogen-bond donors (Lipinski definition) is 2. The van der Waals surface area contributed by atoms with Crippen LogP contribution in [0.4, 0.5) is 0 Å². The van der Waals surface area contributed by atoms with Crippen molar-refractivity contribution in [3.05, 3.63) is 54.1 Å². The van der Waals surface area contributed by atoms with Gasteiger partial charge in [-0.05, 0) is 42.0 Å². The van der Waals surface area contributed by atoms with Crippen LogP contribution in [0.25, 0.3) is 0 Å². The van der Waals surface area contributed by atoms with Gasteiger partial charge in [-0.1, -0.05) is 12.1 Å². The lowest BCUT2D eigenvalue weighted by Crippen LogP contribution is -2.28. The fourth-order valence-electron chi connectivity index (χ4n) is 2.12. The van der Waals surface area contributed by atoms with E-state index in [9.17, 15) is 21.6 Å². The van der Waals surface area contributed by atoms with Crippen molar-refractivity contribution in [3.63, 3.8) is 0 Å². The molecule has 0 aliphatic carbocycles. The molecule has 0 radical (unpaired) electrons. The van der Waals surface area contributed by atoms with Gasteiger partial charge < -0.3 is 10.1 Å². The summed E-state index contributed by atoms with van der Waals surface area (Å²) in [5.74, 6) is -0.0362. The molecule has 0 bridgehead atoms. The summed E-state index contributed by atoms with van der Waals surface area (Å²) in [6, 6.07) is 11.5. The average Bonchev–Trinajstić information content (AvgIpc) is 2.64. The molecule has 0 heterocycles. The van der Waals surface area contributed by atoms with E-state index in [0.29, 0.717) is 11.3 Å². The number of sulfonamides is 2. The van der Waals surface area contributed by atoms with E-state index < -0.39 is 20.0 Å². The second-order valence-electron chi connectivity index (χ2n) is 6.01. The lowest BCUT2D eigenvalue weighted by Gasteiger charge is -2.12. The van der Waals surface area contributed by atoms with Gasteiger partial charge in [0, 0.05) is 20.6 Å². The Bertz CT molecular complexity index is 1030. The lowest BCUT2D eigenvalue weighted by atomic mass is 10.2. The van der Waals surface area contributed by atoms with Crippen LogP contribution >= 0.6 is 0 Å². The largest absolute Gasteiger partial charge is 0.484 e. The Labute approximate surface area is 164 Å². The van der Waals surface area contributed by atoms with E-state index in [-0.39, 0.29) is 28.8 Å². The normalized spacial score (nSPS) is 12.0. The Morgan fingerprint density at radius 2 is 1.50 bits per heavy atom. The SMILES string of the molecule is CN(C)S(=O)(=O)c1ccc(OCC(=O)NCc2ccc(S(N)(=O)=O)cc2)cc1. The number of hydrogen-bond acceptors (Lipinski definition) is 6. The molecule has 3 N–H and O–H groups in total. The van der Waals surface area contributed by atoms with Crippen molar-refractivity contribution in [3.8, 4) is 5.75 Å². The van der Waals surface area contributed by atoms with Crippen molar-refractivity contribution >= 4 is 26.0 Å². The van der Waals surface area contributed by atoms with Crippen LogP contribution in [0, 0.1) is 0 Å². The zero-order valence-corrected chi connectivity index (χ0v) is 17.0. The van der Waals surface area contributed by atoms with E-state index in [2.05, 4.69) is 5.32 Å². The minimum atomic E-state index is -3.76. The van der Waals surface area contributed by atoms with Crippen LogP contribution in [0.2, 0.25) is 0 Å². The van der Waals surface area contributed by atoms with Gasteiger partial charge >= 0.3 is 0 Å². The van der Waals surface area contributed by atoms with Crippen molar-refractivity contribution in [1.29, 1.82) is 0 Å². The second-order valence-corrected chi connectivity index (χ2v) is 9.73. The summed E-state index contributed by atoms with van der Waals surface area (Å²) in [6.45, 7) is -0.0673. The van der Waals surface area contributed by atoms with Gasteiger partial charge in [-0.3, -0.25) is 4.79 Å². The molecule has 0 aromatic heterocycles. The Balaban J connectivity index is 1.86. The van der Waals surface area contributed by atoms with Gasteiger partial charge in [-0.25, -0.2) is 26.3 Å². The van der Waals surface area contributed by atoms with E-state index in [1.165, 1.54) is 50.5 Å². The molecule has 28 heavy (non-hydrogen) atoms. The minimum absolute atomic E-state index is 0.00867. The summed E-state index contributed by atoms with van der Waals surface area (Å²) in [7, 11) is -4.40. The molecule has 0 fully saturated rings. The molecule has 0 saturated carbocycles.